The van der Waals surface area contributed by atoms with Crippen molar-refractivity contribution in [3.63, 3.8) is 0 Å². The van der Waals surface area contributed by atoms with E-state index >= 15 is 0 Å². The van der Waals surface area contributed by atoms with Gasteiger partial charge in [-0.15, -0.1) is 0 Å². The van der Waals surface area contributed by atoms with Gasteiger partial charge in [-0.2, -0.15) is 0 Å². The van der Waals surface area contributed by atoms with E-state index in [1.165, 1.54) is 19.2 Å². The Morgan fingerprint density at radius 2 is 1.96 bits per heavy atom. The van der Waals surface area contributed by atoms with Crippen molar-refractivity contribution in [2.45, 2.75) is 19.4 Å². The Labute approximate surface area is 142 Å². The van der Waals surface area contributed by atoms with Crippen molar-refractivity contribution >= 4 is 28.0 Å². The molecule has 0 radical (unpaired) electrons. The normalized spacial score (nSPS) is 15.2. The van der Waals surface area contributed by atoms with Crippen LogP contribution in [0.15, 0.2) is 33.5 Å². The summed E-state index contributed by atoms with van der Waals surface area (Å²) in [5.74, 6) is 0.149. The standard InChI is InChI=1S/C19H16O6/c1-19(2)7-6-9-12(25-19)8-13-14(15(9)21)16(22)10-4-5-11(20)18(23-3)17(10)24-13/h4-8,20-21H,1-3H3. The highest BCUT2D eigenvalue weighted by molar-refractivity contribution is 5.99. The molecule has 0 bridgehead atoms. The summed E-state index contributed by atoms with van der Waals surface area (Å²) in [6, 6.07) is 4.36. The van der Waals surface area contributed by atoms with Crippen molar-refractivity contribution in [1.29, 1.82) is 0 Å². The van der Waals surface area contributed by atoms with Crippen LogP contribution in [-0.2, 0) is 0 Å². The van der Waals surface area contributed by atoms with E-state index in [0.29, 0.717) is 11.3 Å². The lowest BCUT2D eigenvalue weighted by Crippen LogP contribution is -2.27. The number of aromatic hydroxyl groups is 2. The van der Waals surface area contributed by atoms with Gasteiger partial charge in [0.15, 0.2) is 11.3 Å². The summed E-state index contributed by atoms with van der Waals surface area (Å²) in [4.78, 5) is 12.9. The monoisotopic (exact) mass is 340 g/mol. The molecule has 0 atom stereocenters. The molecule has 2 aromatic carbocycles. The van der Waals surface area contributed by atoms with Gasteiger partial charge in [0.25, 0.3) is 0 Å². The SMILES string of the molecule is COc1c(O)ccc2c(=O)c3c(O)c4c(cc3oc12)OC(C)(C)C=C4. The number of fused-ring (bicyclic) bond motifs is 3. The molecule has 0 spiro atoms. The van der Waals surface area contributed by atoms with Crippen LogP contribution in [0, 0.1) is 0 Å². The van der Waals surface area contributed by atoms with Gasteiger partial charge in [0.2, 0.25) is 11.2 Å². The van der Waals surface area contributed by atoms with Crippen molar-refractivity contribution < 1.29 is 24.1 Å². The first-order valence-corrected chi connectivity index (χ1v) is 7.73. The zero-order valence-corrected chi connectivity index (χ0v) is 13.9. The van der Waals surface area contributed by atoms with Gasteiger partial charge in [0.1, 0.15) is 28.1 Å². The smallest absolute Gasteiger partial charge is 0.204 e. The highest BCUT2D eigenvalue weighted by atomic mass is 16.5. The van der Waals surface area contributed by atoms with Gasteiger partial charge in [-0.05, 0) is 38.1 Å². The van der Waals surface area contributed by atoms with Crippen molar-refractivity contribution in [2.75, 3.05) is 7.11 Å². The van der Waals surface area contributed by atoms with E-state index in [0.717, 1.165) is 0 Å². The zero-order valence-electron chi connectivity index (χ0n) is 13.9. The van der Waals surface area contributed by atoms with Gasteiger partial charge in [0.05, 0.1) is 18.1 Å². The third-order valence-electron chi connectivity index (χ3n) is 4.27. The Morgan fingerprint density at radius 1 is 1.20 bits per heavy atom. The Hall–Kier alpha value is -3.15. The summed E-state index contributed by atoms with van der Waals surface area (Å²) in [5, 5.41) is 20.8. The Kier molecular flexibility index (Phi) is 3.03. The molecule has 3 aromatic rings. The number of phenols is 2. The first kappa shape index (κ1) is 15.4. The predicted octanol–water partition coefficient (Wildman–Crippen LogP) is 3.55. The van der Waals surface area contributed by atoms with Crippen LogP contribution in [0.2, 0.25) is 0 Å². The van der Waals surface area contributed by atoms with Crippen LogP contribution in [-0.4, -0.2) is 22.9 Å². The molecule has 0 unspecified atom stereocenters. The maximum atomic E-state index is 12.9. The molecular weight excluding hydrogens is 324 g/mol. The molecule has 0 fully saturated rings. The maximum Gasteiger partial charge on any atom is 0.204 e. The number of ether oxygens (including phenoxy) is 2. The summed E-state index contributed by atoms with van der Waals surface area (Å²) < 4.78 is 16.8. The van der Waals surface area contributed by atoms with E-state index in [-0.39, 0.29) is 39.2 Å². The zero-order chi connectivity index (χ0) is 17.9. The minimum atomic E-state index is -0.541. The molecule has 0 aliphatic carbocycles. The Morgan fingerprint density at radius 3 is 2.68 bits per heavy atom. The molecule has 0 saturated carbocycles. The summed E-state index contributed by atoms with van der Waals surface area (Å²) in [7, 11) is 1.37. The van der Waals surface area contributed by atoms with Crippen molar-refractivity contribution in [1.82, 2.24) is 0 Å². The van der Waals surface area contributed by atoms with E-state index < -0.39 is 11.0 Å². The molecule has 25 heavy (non-hydrogen) atoms. The number of hydrogen-bond donors (Lipinski definition) is 2. The molecule has 4 rings (SSSR count). The second kappa shape index (κ2) is 4.92. The molecule has 1 aromatic heterocycles. The quantitative estimate of drug-likeness (QED) is 0.659. The van der Waals surface area contributed by atoms with Gasteiger partial charge in [-0.1, -0.05) is 0 Å². The molecule has 2 heterocycles. The van der Waals surface area contributed by atoms with Gasteiger partial charge in [-0.3, -0.25) is 4.79 Å². The topological polar surface area (TPSA) is 89.1 Å². The van der Waals surface area contributed by atoms with Crippen LogP contribution in [0.3, 0.4) is 0 Å². The lowest BCUT2D eigenvalue weighted by molar-refractivity contribution is 0.158. The van der Waals surface area contributed by atoms with Gasteiger partial charge < -0.3 is 24.1 Å². The molecule has 6 heteroatoms. The summed E-state index contributed by atoms with van der Waals surface area (Å²) in [6.07, 6.45) is 3.54. The average Bonchev–Trinajstić information content (AvgIpc) is 2.53. The summed E-state index contributed by atoms with van der Waals surface area (Å²) in [6.45, 7) is 3.76. The summed E-state index contributed by atoms with van der Waals surface area (Å²) in [5.41, 5.74) is -0.244. The molecule has 1 aliphatic heterocycles. The van der Waals surface area contributed by atoms with Gasteiger partial charge in [0, 0.05) is 6.07 Å². The van der Waals surface area contributed by atoms with Crippen LogP contribution in [0.1, 0.15) is 19.4 Å². The van der Waals surface area contributed by atoms with Crippen LogP contribution in [0.25, 0.3) is 28.0 Å². The van der Waals surface area contributed by atoms with Crippen molar-refractivity contribution in [2.24, 2.45) is 0 Å². The lowest BCUT2D eigenvalue weighted by atomic mass is 9.99. The number of rotatable bonds is 1. The number of benzene rings is 2. The second-order valence-electron chi connectivity index (χ2n) is 6.47. The van der Waals surface area contributed by atoms with E-state index in [2.05, 4.69) is 0 Å². The van der Waals surface area contributed by atoms with E-state index in [1.807, 2.05) is 19.9 Å². The van der Waals surface area contributed by atoms with E-state index in [9.17, 15) is 15.0 Å². The molecule has 128 valence electrons. The third-order valence-corrected chi connectivity index (χ3v) is 4.27. The van der Waals surface area contributed by atoms with E-state index in [1.54, 1.807) is 12.1 Å². The predicted molar refractivity (Wildman–Crippen MR) is 93.6 cm³/mol. The fraction of sp³-hybridized carbons (Fsp3) is 0.211. The fourth-order valence-electron chi connectivity index (χ4n) is 3.06. The summed E-state index contributed by atoms with van der Waals surface area (Å²) >= 11 is 0. The van der Waals surface area contributed by atoms with Crippen LogP contribution in [0.5, 0.6) is 23.0 Å². The van der Waals surface area contributed by atoms with Crippen LogP contribution in [0.4, 0.5) is 0 Å². The lowest BCUT2D eigenvalue weighted by Gasteiger charge is -2.28. The number of phenolic OH excluding ortho intramolecular Hbond substituents is 2. The molecular formula is C19H16O6. The molecule has 6 nitrogen and oxygen atoms in total. The highest BCUT2D eigenvalue weighted by Crippen LogP contribution is 2.42. The van der Waals surface area contributed by atoms with Crippen LogP contribution < -0.4 is 14.9 Å². The highest BCUT2D eigenvalue weighted by Gasteiger charge is 2.27. The Bertz CT molecular complexity index is 1120. The third kappa shape index (κ3) is 2.14. The fourth-order valence-corrected chi connectivity index (χ4v) is 3.06. The van der Waals surface area contributed by atoms with Crippen molar-refractivity contribution in [3.8, 4) is 23.0 Å². The Balaban J connectivity index is 2.16. The maximum absolute atomic E-state index is 12.9. The van der Waals surface area contributed by atoms with Gasteiger partial charge >= 0.3 is 0 Å². The first-order valence-electron chi connectivity index (χ1n) is 7.73. The molecule has 0 amide bonds. The molecule has 0 saturated heterocycles. The van der Waals surface area contributed by atoms with E-state index in [4.69, 9.17) is 13.9 Å². The van der Waals surface area contributed by atoms with Crippen LogP contribution >= 0.6 is 0 Å². The number of methoxy groups -OCH3 is 1. The molecule has 1 aliphatic rings. The van der Waals surface area contributed by atoms with Gasteiger partial charge in [-0.25, -0.2) is 0 Å². The van der Waals surface area contributed by atoms with Crippen molar-refractivity contribution in [3.05, 3.63) is 40.1 Å². The average molecular weight is 340 g/mol. The second-order valence-corrected chi connectivity index (χ2v) is 6.47. The minimum Gasteiger partial charge on any atom is -0.506 e. The largest absolute Gasteiger partial charge is 0.506 e. The first-order chi connectivity index (χ1) is 11.8. The number of hydrogen-bond acceptors (Lipinski definition) is 6. The molecule has 2 N–H and O–H groups in total. The minimum absolute atomic E-state index is 0.0620.